The number of hydrogen-bond acceptors (Lipinski definition) is 2. The summed E-state index contributed by atoms with van der Waals surface area (Å²) < 4.78 is 0. The molecule has 3 heteroatoms. The van der Waals surface area contributed by atoms with Gasteiger partial charge in [0.05, 0.1) is 6.07 Å². The van der Waals surface area contributed by atoms with Gasteiger partial charge >= 0.3 is 0 Å². The quantitative estimate of drug-likeness (QED) is 0.920. The Hall–Kier alpha value is -1.82. The minimum absolute atomic E-state index is 0.0619. The second-order valence-electron chi connectivity index (χ2n) is 6.37. The van der Waals surface area contributed by atoms with Crippen molar-refractivity contribution < 1.29 is 4.79 Å². The lowest BCUT2D eigenvalue weighted by molar-refractivity contribution is -0.123. The molecule has 2 aliphatic carbocycles. The van der Waals surface area contributed by atoms with Crippen LogP contribution in [0.2, 0.25) is 0 Å². The summed E-state index contributed by atoms with van der Waals surface area (Å²) in [6.45, 7) is 0. The molecule has 21 heavy (non-hydrogen) atoms. The molecule has 3 rings (SSSR count). The molecule has 1 aromatic rings. The van der Waals surface area contributed by atoms with E-state index in [1.54, 1.807) is 0 Å². The summed E-state index contributed by atoms with van der Waals surface area (Å²) in [6, 6.07) is 12.2. The van der Waals surface area contributed by atoms with Gasteiger partial charge in [0.1, 0.15) is 6.04 Å². The first kappa shape index (κ1) is 14.1. The molecule has 3 unspecified atom stereocenters. The van der Waals surface area contributed by atoms with Gasteiger partial charge in [-0.2, -0.15) is 5.26 Å². The number of carbonyl (C=O) groups excluding carboxylic acids is 1. The van der Waals surface area contributed by atoms with E-state index in [1.807, 2.05) is 18.2 Å². The van der Waals surface area contributed by atoms with Crippen LogP contribution in [0.15, 0.2) is 30.3 Å². The molecule has 0 spiro atoms. The average Bonchev–Trinajstić information content (AvgIpc) is 3.35. The van der Waals surface area contributed by atoms with Gasteiger partial charge in [0.2, 0.25) is 5.91 Å². The van der Waals surface area contributed by atoms with Crippen LogP contribution in [0.1, 0.15) is 50.0 Å². The molecule has 0 aromatic heterocycles. The van der Waals surface area contributed by atoms with Crippen LogP contribution >= 0.6 is 0 Å². The molecule has 2 aliphatic rings. The molecule has 0 saturated heterocycles. The number of rotatable bonds is 4. The van der Waals surface area contributed by atoms with Crippen LogP contribution in [0, 0.1) is 23.2 Å². The predicted molar refractivity (Wildman–Crippen MR) is 81.4 cm³/mol. The van der Waals surface area contributed by atoms with Crippen molar-refractivity contribution in [2.45, 2.75) is 50.5 Å². The van der Waals surface area contributed by atoms with Crippen molar-refractivity contribution in [3.05, 3.63) is 35.9 Å². The molecule has 110 valence electrons. The topological polar surface area (TPSA) is 52.9 Å². The van der Waals surface area contributed by atoms with Gasteiger partial charge in [-0.15, -0.1) is 0 Å². The fourth-order valence-corrected chi connectivity index (χ4v) is 3.54. The Morgan fingerprint density at radius 2 is 1.90 bits per heavy atom. The van der Waals surface area contributed by atoms with Crippen LogP contribution in [-0.2, 0) is 4.79 Å². The molecule has 2 fully saturated rings. The number of nitriles is 1. The molecule has 2 saturated carbocycles. The van der Waals surface area contributed by atoms with Gasteiger partial charge in [-0.1, -0.05) is 49.6 Å². The summed E-state index contributed by atoms with van der Waals surface area (Å²) in [5.41, 5.74) is 1.24. The molecule has 1 N–H and O–H groups in total. The van der Waals surface area contributed by atoms with Crippen molar-refractivity contribution in [2.75, 3.05) is 0 Å². The number of hydrogen-bond donors (Lipinski definition) is 1. The molecule has 1 amide bonds. The van der Waals surface area contributed by atoms with Crippen molar-refractivity contribution in [3.8, 4) is 6.07 Å². The first-order valence-corrected chi connectivity index (χ1v) is 8.04. The van der Waals surface area contributed by atoms with Crippen molar-refractivity contribution in [3.63, 3.8) is 0 Å². The van der Waals surface area contributed by atoms with Crippen molar-refractivity contribution in [2.24, 2.45) is 11.8 Å². The summed E-state index contributed by atoms with van der Waals surface area (Å²) in [6.07, 6.45) is 6.71. The number of benzene rings is 1. The maximum Gasteiger partial charge on any atom is 0.224 e. The Balaban J connectivity index is 1.56. The lowest BCUT2D eigenvalue weighted by atomic mass is 9.84. The number of nitrogens with one attached hydrogen (secondary N) is 1. The van der Waals surface area contributed by atoms with Gasteiger partial charge in [0, 0.05) is 5.92 Å². The smallest absolute Gasteiger partial charge is 0.224 e. The highest BCUT2D eigenvalue weighted by Crippen LogP contribution is 2.47. The van der Waals surface area contributed by atoms with E-state index >= 15 is 0 Å². The van der Waals surface area contributed by atoms with E-state index in [0.29, 0.717) is 11.8 Å². The van der Waals surface area contributed by atoms with Gasteiger partial charge < -0.3 is 5.32 Å². The molecular weight excluding hydrogens is 260 g/mol. The third-order valence-electron chi connectivity index (χ3n) is 4.91. The van der Waals surface area contributed by atoms with Crippen LogP contribution in [0.3, 0.4) is 0 Å². The molecule has 0 heterocycles. The van der Waals surface area contributed by atoms with Gasteiger partial charge in [0.25, 0.3) is 0 Å². The van der Waals surface area contributed by atoms with E-state index in [2.05, 4.69) is 23.5 Å². The van der Waals surface area contributed by atoms with E-state index in [4.69, 9.17) is 0 Å². The Morgan fingerprint density at radius 3 is 2.57 bits per heavy atom. The van der Waals surface area contributed by atoms with Crippen molar-refractivity contribution >= 4 is 5.91 Å². The van der Waals surface area contributed by atoms with Gasteiger partial charge in [-0.3, -0.25) is 4.79 Å². The third-order valence-corrected chi connectivity index (χ3v) is 4.91. The Kier molecular flexibility index (Phi) is 4.24. The van der Waals surface area contributed by atoms with Gasteiger partial charge in [-0.25, -0.2) is 0 Å². The molecule has 3 nitrogen and oxygen atoms in total. The molecular formula is C18H22N2O. The number of carbonyl (C=O) groups is 1. The van der Waals surface area contributed by atoms with Crippen LogP contribution < -0.4 is 5.32 Å². The molecule has 0 aliphatic heterocycles. The van der Waals surface area contributed by atoms with E-state index in [0.717, 1.165) is 19.3 Å². The van der Waals surface area contributed by atoms with Crippen LogP contribution in [-0.4, -0.2) is 11.9 Å². The zero-order valence-corrected chi connectivity index (χ0v) is 12.3. The number of amides is 1. The minimum atomic E-state index is -0.296. The Morgan fingerprint density at radius 1 is 1.19 bits per heavy atom. The second kappa shape index (κ2) is 6.30. The maximum absolute atomic E-state index is 12.3. The number of nitrogens with zero attached hydrogens (tertiary/aromatic N) is 1. The van der Waals surface area contributed by atoms with Crippen LogP contribution in [0.5, 0.6) is 0 Å². The standard InChI is InChI=1S/C18H22N2O/c19-12-17(14-9-5-2-6-10-14)20-18(21)16-11-15(16)13-7-3-1-4-8-13/h1,3-4,7-8,14-17H,2,5-6,9-11H2,(H,20,21). The lowest BCUT2D eigenvalue weighted by Crippen LogP contribution is -2.41. The van der Waals surface area contributed by atoms with E-state index in [9.17, 15) is 10.1 Å². The SMILES string of the molecule is N#CC(NC(=O)C1CC1c1ccccc1)C1CCCCC1. The third kappa shape index (κ3) is 3.26. The molecule has 0 radical (unpaired) electrons. The Labute approximate surface area is 126 Å². The zero-order valence-electron chi connectivity index (χ0n) is 12.3. The minimum Gasteiger partial charge on any atom is -0.340 e. The summed E-state index contributed by atoms with van der Waals surface area (Å²) in [7, 11) is 0. The van der Waals surface area contributed by atoms with Crippen LogP contribution in [0.25, 0.3) is 0 Å². The van der Waals surface area contributed by atoms with E-state index in [-0.39, 0.29) is 17.9 Å². The fraction of sp³-hybridized carbons (Fsp3) is 0.556. The molecule has 1 aromatic carbocycles. The summed E-state index contributed by atoms with van der Waals surface area (Å²) in [4.78, 5) is 12.3. The van der Waals surface area contributed by atoms with E-state index in [1.165, 1.54) is 24.8 Å². The van der Waals surface area contributed by atoms with E-state index < -0.39 is 0 Å². The Bertz CT molecular complexity index is 528. The molecule has 3 atom stereocenters. The van der Waals surface area contributed by atoms with Crippen molar-refractivity contribution in [1.82, 2.24) is 5.32 Å². The highest BCUT2D eigenvalue weighted by Gasteiger charge is 2.44. The first-order chi connectivity index (χ1) is 10.3. The van der Waals surface area contributed by atoms with Crippen LogP contribution in [0.4, 0.5) is 0 Å². The maximum atomic E-state index is 12.3. The zero-order chi connectivity index (χ0) is 14.7. The lowest BCUT2D eigenvalue weighted by Gasteiger charge is -2.26. The fourth-order valence-electron chi connectivity index (χ4n) is 3.54. The van der Waals surface area contributed by atoms with Gasteiger partial charge in [-0.05, 0) is 36.7 Å². The normalized spacial score (nSPS) is 26.6. The summed E-state index contributed by atoms with van der Waals surface area (Å²) in [5.74, 6) is 0.825. The monoisotopic (exact) mass is 282 g/mol. The average molecular weight is 282 g/mol. The summed E-state index contributed by atoms with van der Waals surface area (Å²) >= 11 is 0. The highest BCUT2D eigenvalue weighted by atomic mass is 16.2. The van der Waals surface area contributed by atoms with Crippen molar-refractivity contribution in [1.29, 1.82) is 5.26 Å². The largest absolute Gasteiger partial charge is 0.340 e. The second-order valence-corrected chi connectivity index (χ2v) is 6.37. The molecule has 0 bridgehead atoms. The first-order valence-electron chi connectivity index (χ1n) is 8.04. The predicted octanol–water partition coefficient (Wildman–Crippen LogP) is 3.38. The van der Waals surface area contributed by atoms with Gasteiger partial charge in [0.15, 0.2) is 0 Å². The summed E-state index contributed by atoms with van der Waals surface area (Å²) in [5, 5.41) is 12.3. The highest BCUT2D eigenvalue weighted by molar-refractivity contribution is 5.83.